The molecule has 2 rings (SSSR count). The molecule has 0 radical (unpaired) electrons. The predicted octanol–water partition coefficient (Wildman–Crippen LogP) is 0.827. The lowest BCUT2D eigenvalue weighted by Gasteiger charge is -2.37. The van der Waals surface area contributed by atoms with Gasteiger partial charge in [0.15, 0.2) is 0 Å². The van der Waals surface area contributed by atoms with Gasteiger partial charge in [-0.05, 0) is 31.9 Å². The van der Waals surface area contributed by atoms with Crippen molar-refractivity contribution >= 4 is 20.0 Å². The van der Waals surface area contributed by atoms with Crippen LogP contribution in [0, 0.1) is 0 Å². The number of nitrogens with two attached hydrogens (primary N) is 1. The van der Waals surface area contributed by atoms with E-state index in [1.165, 1.54) is 42.7 Å². The third kappa shape index (κ3) is 3.50. The Balaban J connectivity index is 2.59. The Labute approximate surface area is 144 Å². The molecular formula is C15H25N3O4S2. The van der Waals surface area contributed by atoms with Gasteiger partial charge in [0.2, 0.25) is 20.0 Å². The number of piperidine rings is 1. The fourth-order valence-electron chi connectivity index (χ4n) is 2.95. The van der Waals surface area contributed by atoms with Crippen molar-refractivity contribution in [2.24, 2.45) is 5.73 Å². The molecule has 1 fully saturated rings. The van der Waals surface area contributed by atoms with Gasteiger partial charge < -0.3 is 5.73 Å². The number of rotatable bonds is 5. The molecule has 1 aromatic rings. The van der Waals surface area contributed by atoms with Crippen LogP contribution in [0.4, 0.5) is 0 Å². The van der Waals surface area contributed by atoms with Gasteiger partial charge in [-0.25, -0.2) is 21.1 Å². The van der Waals surface area contributed by atoms with Crippen molar-refractivity contribution in [3.05, 3.63) is 24.3 Å². The van der Waals surface area contributed by atoms with Gasteiger partial charge in [-0.2, -0.15) is 4.31 Å². The van der Waals surface area contributed by atoms with Gasteiger partial charge in [-0.3, -0.25) is 0 Å². The highest BCUT2D eigenvalue weighted by Crippen LogP contribution is 2.30. The van der Waals surface area contributed by atoms with Crippen molar-refractivity contribution in [3.8, 4) is 0 Å². The number of benzene rings is 1. The van der Waals surface area contributed by atoms with Crippen LogP contribution in [0.15, 0.2) is 34.1 Å². The van der Waals surface area contributed by atoms with Crippen molar-refractivity contribution < 1.29 is 16.8 Å². The summed E-state index contributed by atoms with van der Waals surface area (Å²) in [6.07, 6.45) is 2.33. The van der Waals surface area contributed by atoms with Gasteiger partial charge in [0.1, 0.15) is 9.79 Å². The molecule has 0 bridgehead atoms. The Kier molecular flexibility index (Phi) is 5.71. The minimum absolute atomic E-state index is 0.189. The predicted molar refractivity (Wildman–Crippen MR) is 92.5 cm³/mol. The van der Waals surface area contributed by atoms with Crippen molar-refractivity contribution in [2.45, 2.75) is 48.1 Å². The lowest BCUT2D eigenvalue weighted by Crippen LogP contribution is -2.51. The zero-order valence-corrected chi connectivity index (χ0v) is 15.8. The van der Waals surface area contributed by atoms with E-state index in [9.17, 15) is 16.8 Å². The van der Waals surface area contributed by atoms with Crippen LogP contribution < -0.4 is 5.73 Å². The fraction of sp³-hybridized carbons (Fsp3) is 0.600. The molecule has 2 unspecified atom stereocenters. The summed E-state index contributed by atoms with van der Waals surface area (Å²) in [5.74, 6) is 0. The number of sulfonamides is 2. The fourth-order valence-corrected chi connectivity index (χ4v) is 6.40. The summed E-state index contributed by atoms with van der Waals surface area (Å²) in [7, 11) is -5.07. The van der Waals surface area contributed by atoms with E-state index in [0.717, 1.165) is 17.1 Å². The maximum Gasteiger partial charge on any atom is 0.244 e. The summed E-state index contributed by atoms with van der Waals surface area (Å²) in [5, 5.41) is 0. The van der Waals surface area contributed by atoms with Crippen LogP contribution in [0.2, 0.25) is 0 Å². The molecule has 0 aromatic heterocycles. The summed E-state index contributed by atoms with van der Waals surface area (Å²) in [6, 6.07) is 5.09. The van der Waals surface area contributed by atoms with Crippen LogP contribution in [0.1, 0.15) is 26.2 Å². The molecule has 1 aliphatic rings. The van der Waals surface area contributed by atoms with E-state index in [1.807, 2.05) is 0 Å². The molecule has 7 nitrogen and oxygen atoms in total. The molecule has 0 spiro atoms. The maximum atomic E-state index is 13.2. The van der Waals surface area contributed by atoms with E-state index < -0.39 is 20.0 Å². The Morgan fingerprint density at radius 2 is 1.71 bits per heavy atom. The van der Waals surface area contributed by atoms with E-state index in [1.54, 1.807) is 6.92 Å². The molecule has 0 amide bonds. The SMILES string of the molecule is CC(N)C1CCCCN1S(=O)(=O)c1ccccc1S(=O)(=O)N(C)C. The second kappa shape index (κ2) is 7.09. The topological polar surface area (TPSA) is 101 Å². The van der Waals surface area contributed by atoms with E-state index in [4.69, 9.17) is 5.73 Å². The largest absolute Gasteiger partial charge is 0.326 e. The summed E-state index contributed by atoms with van der Waals surface area (Å²) in [6.45, 7) is 2.13. The van der Waals surface area contributed by atoms with Crippen LogP contribution in [0.3, 0.4) is 0 Å². The van der Waals surface area contributed by atoms with E-state index in [-0.39, 0.29) is 21.9 Å². The minimum atomic E-state index is -3.96. The quantitative estimate of drug-likeness (QED) is 0.821. The Morgan fingerprint density at radius 1 is 1.12 bits per heavy atom. The van der Waals surface area contributed by atoms with Gasteiger partial charge in [-0.1, -0.05) is 18.6 Å². The van der Waals surface area contributed by atoms with Crippen molar-refractivity contribution in [2.75, 3.05) is 20.6 Å². The Hall–Kier alpha value is -1.00. The highest BCUT2D eigenvalue weighted by atomic mass is 32.2. The smallest absolute Gasteiger partial charge is 0.244 e. The average molecular weight is 376 g/mol. The third-order valence-electron chi connectivity index (χ3n) is 4.30. The number of nitrogens with zero attached hydrogens (tertiary/aromatic N) is 2. The monoisotopic (exact) mass is 375 g/mol. The number of hydrogen-bond acceptors (Lipinski definition) is 5. The molecule has 9 heteroatoms. The first-order chi connectivity index (χ1) is 11.1. The van der Waals surface area contributed by atoms with E-state index in [0.29, 0.717) is 13.0 Å². The zero-order chi connectivity index (χ0) is 18.1. The molecule has 1 saturated heterocycles. The Bertz CT molecular complexity index is 789. The highest BCUT2D eigenvalue weighted by molar-refractivity contribution is 7.92. The molecule has 0 aliphatic carbocycles. The standard InChI is InChI=1S/C15H25N3O4S2/c1-12(16)13-8-6-7-11-18(13)24(21,22)15-10-5-4-9-14(15)23(19,20)17(2)3/h4-5,9-10,12-13H,6-8,11,16H2,1-3H3. The van der Waals surface area contributed by atoms with Crippen molar-refractivity contribution in [1.29, 1.82) is 0 Å². The van der Waals surface area contributed by atoms with Crippen LogP contribution in [-0.2, 0) is 20.0 Å². The summed E-state index contributed by atoms with van der Waals surface area (Å²) >= 11 is 0. The highest BCUT2D eigenvalue weighted by Gasteiger charge is 2.38. The minimum Gasteiger partial charge on any atom is -0.326 e. The Morgan fingerprint density at radius 3 is 2.25 bits per heavy atom. The summed E-state index contributed by atoms with van der Waals surface area (Å²) in [4.78, 5) is -0.393. The van der Waals surface area contributed by atoms with Crippen LogP contribution >= 0.6 is 0 Å². The summed E-state index contributed by atoms with van der Waals surface area (Å²) in [5.41, 5.74) is 5.97. The zero-order valence-electron chi connectivity index (χ0n) is 14.2. The summed E-state index contributed by atoms with van der Waals surface area (Å²) < 4.78 is 53.8. The van der Waals surface area contributed by atoms with Gasteiger partial charge >= 0.3 is 0 Å². The van der Waals surface area contributed by atoms with Gasteiger partial charge in [0.05, 0.1) is 0 Å². The molecule has 136 valence electrons. The number of hydrogen-bond donors (Lipinski definition) is 1. The van der Waals surface area contributed by atoms with Gasteiger partial charge in [0.25, 0.3) is 0 Å². The molecule has 1 heterocycles. The van der Waals surface area contributed by atoms with Crippen LogP contribution in [0.25, 0.3) is 0 Å². The second-order valence-electron chi connectivity index (χ2n) is 6.27. The molecular weight excluding hydrogens is 350 g/mol. The first-order valence-corrected chi connectivity index (χ1v) is 10.8. The molecule has 2 atom stereocenters. The molecule has 1 aromatic carbocycles. The first-order valence-electron chi connectivity index (χ1n) is 7.89. The normalized spacial score (nSPS) is 21.8. The molecule has 0 saturated carbocycles. The van der Waals surface area contributed by atoms with Crippen molar-refractivity contribution in [1.82, 2.24) is 8.61 Å². The maximum absolute atomic E-state index is 13.2. The van der Waals surface area contributed by atoms with Gasteiger partial charge in [0, 0.05) is 32.7 Å². The van der Waals surface area contributed by atoms with Gasteiger partial charge in [-0.15, -0.1) is 0 Å². The van der Waals surface area contributed by atoms with Crippen molar-refractivity contribution in [3.63, 3.8) is 0 Å². The van der Waals surface area contributed by atoms with Crippen LogP contribution in [-0.4, -0.2) is 58.2 Å². The third-order valence-corrected chi connectivity index (χ3v) is 8.28. The van der Waals surface area contributed by atoms with E-state index >= 15 is 0 Å². The van der Waals surface area contributed by atoms with Crippen LogP contribution in [0.5, 0.6) is 0 Å². The first kappa shape index (κ1) is 19.3. The second-order valence-corrected chi connectivity index (χ2v) is 10.3. The van der Waals surface area contributed by atoms with E-state index in [2.05, 4.69) is 0 Å². The molecule has 1 aliphatic heterocycles. The lowest BCUT2D eigenvalue weighted by molar-refractivity contribution is 0.227. The molecule has 24 heavy (non-hydrogen) atoms. The average Bonchev–Trinajstić information content (AvgIpc) is 2.54. The molecule has 2 N–H and O–H groups in total. The lowest BCUT2D eigenvalue weighted by atomic mass is 10.00.